The molecule has 0 spiro atoms. The van der Waals surface area contributed by atoms with Crippen molar-refractivity contribution in [2.75, 3.05) is 5.32 Å². The molecule has 0 aliphatic rings. The monoisotopic (exact) mass is 490 g/mol. The molecule has 2 aromatic heterocycles. The number of benzene rings is 2. The molecule has 2 heterocycles. The summed E-state index contributed by atoms with van der Waals surface area (Å²) in [5.41, 5.74) is 4.83. The molecular formula is C25H19ClN4OS2. The van der Waals surface area contributed by atoms with Gasteiger partial charge in [-0.3, -0.25) is 4.79 Å². The van der Waals surface area contributed by atoms with Crippen LogP contribution in [0.4, 0.5) is 5.13 Å². The molecule has 0 saturated heterocycles. The van der Waals surface area contributed by atoms with Crippen LogP contribution in [0, 0.1) is 18.3 Å². The van der Waals surface area contributed by atoms with E-state index in [1.165, 1.54) is 23.1 Å². The Hall–Kier alpha value is -3.18. The summed E-state index contributed by atoms with van der Waals surface area (Å²) in [7, 11) is 0. The molecule has 1 amide bonds. The second-order valence-electron chi connectivity index (χ2n) is 7.29. The summed E-state index contributed by atoms with van der Waals surface area (Å²) in [6.07, 6.45) is 0. The van der Waals surface area contributed by atoms with Crippen molar-refractivity contribution < 1.29 is 4.79 Å². The van der Waals surface area contributed by atoms with Crippen molar-refractivity contribution in [2.24, 2.45) is 0 Å². The van der Waals surface area contributed by atoms with Crippen LogP contribution in [0.2, 0.25) is 5.02 Å². The predicted molar refractivity (Wildman–Crippen MR) is 136 cm³/mol. The third-order valence-corrected chi connectivity index (χ3v) is 7.06. The second kappa shape index (κ2) is 10.2. The van der Waals surface area contributed by atoms with Crippen molar-refractivity contribution >= 4 is 45.7 Å². The van der Waals surface area contributed by atoms with Crippen LogP contribution in [-0.4, -0.2) is 21.1 Å². The smallest absolute Gasteiger partial charge is 0.239 e. The third-order valence-electron chi connectivity index (χ3n) is 4.87. The van der Waals surface area contributed by atoms with E-state index in [0.717, 1.165) is 22.4 Å². The van der Waals surface area contributed by atoms with Crippen LogP contribution in [0.5, 0.6) is 0 Å². The van der Waals surface area contributed by atoms with E-state index in [9.17, 15) is 10.1 Å². The molecule has 0 fully saturated rings. The number of carbonyl (C=O) groups excluding carboxylic acids is 1. The second-order valence-corrected chi connectivity index (χ2v) is 9.89. The molecule has 4 rings (SSSR count). The van der Waals surface area contributed by atoms with Crippen molar-refractivity contribution in [3.63, 3.8) is 0 Å². The van der Waals surface area contributed by atoms with E-state index in [1.54, 1.807) is 19.1 Å². The van der Waals surface area contributed by atoms with Gasteiger partial charge in [0.1, 0.15) is 11.1 Å². The summed E-state index contributed by atoms with van der Waals surface area (Å²) in [4.78, 5) is 22.0. The number of amides is 1. The van der Waals surface area contributed by atoms with Gasteiger partial charge in [-0.05, 0) is 32.0 Å². The number of aryl methyl sites for hydroxylation is 1. The summed E-state index contributed by atoms with van der Waals surface area (Å²) in [5, 5.41) is 15.4. The first-order valence-corrected chi connectivity index (χ1v) is 12.2. The zero-order valence-electron chi connectivity index (χ0n) is 17.9. The average Bonchev–Trinajstić information content (AvgIpc) is 3.28. The van der Waals surface area contributed by atoms with Gasteiger partial charge in [0.2, 0.25) is 5.91 Å². The highest BCUT2D eigenvalue weighted by atomic mass is 35.5. The Morgan fingerprint density at radius 2 is 1.85 bits per heavy atom. The molecule has 5 nitrogen and oxygen atoms in total. The highest BCUT2D eigenvalue weighted by Crippen LogP contribution is 2.32. The number of anilines is 1. The number of carbonyl (C=O) groups is 1. The minimum absolute atomic E-state index is 0.216. The zero-order chi connectivity index (χ0) is 23.4. The molecule has 0 aliphatic carbocycles. The topological polar surface area (TPSA) is 78.7 Å². The van der Waals surface area contributed by atoms with E-state index in [4.69, 9.17) is 11.6 Å². The number of nitrogens with zero attached hydrogens (tertiary/aromatic N) is 3. The summed E-state index contributed by atoms with van der Waals surface area (Å²) in [5.74, 6) is -0.216. The first-order valence-electron chi connectivity index (χ1n) is 10.1. The minimum Gasteiger partial charge on any atom is -0.301 e. The van der Waals surface area contributed by atoms with Gasteiger partial charge in [-0.25, -0.2) is 9.97 Å². The van der Waals surface area contributed by atoms with E-state index >= 15 is 0 Å². The highest BCUT2D eigenvalue weighted by Gasteiger charge is 2.20. The molecule has 0 aliphatic heterocycles. The lowest BCUT2D eigenvalue weighted by atomic mass is 10.1. The fraction of sp³-hybridized carbons (Fsp3) is 0.120. The quantitative estimate of drug-likeness (QED) is 0.300. The Kier molecular flexibility index (Phi) is 7.09. The molecule has 164 valence electrons. The van der Waals surface area contributed by atoms with E-state index < -0.39 is 5.25 Å². The number of halogens is 1. The third kappa shape index (κ3) is 5.42. The lowest BCUT2D eigenvalue weighted by Gasteiger charge is -2.12. The van der Waals surface area contributed by atoms with Crippen LogP contribution in [0.25, 0.3) is 22.5 Å². The van der Waals surface area contributed by atoms with Gasteiger partial charge < -0.3 is 5.32 Å². The number of thioether (sulfide) groups is 1. The Bertz CT molecular complexity index is 1350. The van der Waals surface area contributed by atoms with Crippen LogP contribution >= 0.6 is 34.7 Å². The van der Waals surface area contributed by atoms with Gasteiger partial charge in [0.25, 0.3) is 0 Å². The molecule has 8 heteroatoms. The maximum Gasteiger partial charge on any atom is 0.239 e. The molecule has 1 atom stereocenters. The van der Waals surface area contributed by atoms with E-state index in [1.807, 2.05) is 60.8 Å². The maximum absolute atomic E-state index is 12.8. The van der Waals surface area contributed by atoms with Crippen LogP contribution in [-0.2, 0) is 4.79 Å². The molecule has 1 unspecified atom stereocenters. The van der Waals surface area contributed by atoms with Crippen molar-refractivity contribution in [1.82, 2.24) is 9.97 Å². The van der Waals surface area contributed by atoms with Crippen LogP contribution < -0.4 is 5.32 Å². The number of aromatic nitrogens is 2. The predicted octanol–water partition coefficient (Wildman–Crippen LogP) is 6.82. The summed E-state index contributed by atoms with van der Waals surface area (Å²) < 4.78 is 0. The molecule has 2 aromatic carbocycles. The standard InChI is InChI=1S/C25H19ClN4OS2/c1-15-7-9-17(10-8-15)21-12-11-18(13-27)24(28-21)33-16(2)23(31)30-25-29-22(14-32-25)19-5-3-4-6-20(19)26/h3-12,14,16H,1-2H3,(H,29,30,31). The van der Waals surface area contributed by atoms with Crippen LogP contribution in [0.3, 0.4) is 0 Å². The number of rotatable bonds is 6. The molecular weight excluding hydrogens is 472 g/mol. The molecule has 0 saturated carbocycles. The number of nitriles is 1. The van der Waals surface area contributed by atoms with Gasteiger partial charge in [0.15, 0.2) is 5.13 Å². The van der Waals surface area contributed by atoms with Crippen molar-refractivity contribution in [2.45, 2.75) is 24.1 Å². The molecule has 4 aromatic rings. The zero-order valence-corrected chi connectivity index (χ0v) is 20.3. The number of nitrogens with one attached hydrogen (secondary N) is 1. The molecule has 0 radical (unpaired) electrons. The fourth-order valence-corrected chi connectivity index (χ4v) is 4.89. The summed E-state index contributed by atoms with van der Waals surface area (Å²) in [6, 6.07) is 21.2. The first kappa shape index (κ1) is 23.0. The average molecular weight is 491 g/mol. The number of thiazole rings is 1. The van der Waals surface area contributed by atoms with Gasteiger partial charge in [-0.15, -0.1) is 11.3 Å². The van der Waals surface area contributed by atoms with Gasteiger partial charge in [0, 0.05) is 21.5 Å². The van der Waals surface area contributed by atoms with Crippen molar-refractivity contribution in [3.8, 4) is 28.6 Å². The SMILES string of the molecule is Cc1ccc(-c2ccc(C#N)c(SC(C)C(=O)Nc3nc(-c4ccccc4Cl)cs3)n2)cc1. The lowest BCUT2D eigenvalue weighted by molar-refractivity contribution is -0.115. The van der Waals surface area contributed by atoms with Gasteiger partial charge in [-0.2, -0.15) is 5.26 Å². The highest BCUT2D eigenvalue weighted by molar-refractivity contribution is 8.00. The molecule has 1 N–H and O–H groups in total. The van der Waals surface area contributed by atoms with Crippen molar-refractivity contribution in [1.29, 1.82) is 5.26 Å². The van der Waals surface area contributed by atoms with Crippen LogP contribution in [0.15, 0.2) is 71.1 Å². The molecule has 0 bridgehead atoms. The number of pyridine rings is 1. The lowest BCUT2D eigenvalue weighted by Crippen LogP contribution is -2.22. The van der Waals surface area contributed by atoms with Gasteiger partial charge in [0.05, 0.1) is 22.2 Å². The first-order chi connectivity index (χ1) is 15.9. The normalized spacial score (nSPS) is 11.6. The Morgan fingerprint density at radius 1 is 1.09 bits per heavy atom. The largest absolute Gasteiger partial charge is 0.301 e. The van der Waals surface area contributed by atoms with E-state index in [2.05, 4.69) is 21.4 Å². The number of hydrogen-bond donors (Lipinski definition) is 1. The van der Waals surface area contributed by atoms with E-state index in [-0.39, 0.29) is 5.91 Å². The van der Waals surface area contributed by atoms with Gasteiger partial charge >= 0.3 is 0 Å². The maximum atomic E-state index is 12.8. The molecule has 33 heavy (non-hydrogen) atoms. The Labute approximate surface area is 205 Å². The minimum atomic E-state index is -0.481. The van der Waals surface area contributed by atoms with Crippen molar-refractivity contribution in [3.05, 3.63) is 82.2 Å². The Morgan fingerprint density at radius 3 is 2.58 bits per heavy atom. The summed E-state index contributed by atoms with van der Waals surface area (Å²) >= 11 is 8.83. The fourth-order valence-electron chi connectivity index (χ4n) is 3.05. The number of hydrogen-bond acceptors (Lipinski definition) is 6. The summed E-state index contributed by atoms with van der Waals surface area (Å²) in [6.45, 7) is 3.81. The Balaban J connectivity index is 1.49. The van der Waals surface area contributed by atoms with Crippen LogP contribution in [0.1, 0.15) is 18.1 Å². The van der Waals surface area contributed by atoms with E-state index in [0.29, 0.717) is 26.4 Å². The van der Waals surface area contributed by atoms with Gasteiger partial charge in [-0.1, -0.05) is 71.4 Å².